The van der Waals surface area contributed by atoms with Crippen LogP contribution >= 0.6 is 7.60 Å². The van der Waals surface area contributed by atoms with Crippen molar-refractivity contribution in [2.75, 3.05) is 18.5 Å². The zero-order valence-corrected chi connectivity index (χ0v) is 13.5. The van der Waals surface area contributed by atoms with E-state index >= 15 is 0 Å². The Morgan fingerprint density at radius 1 is 1.29 bits per heavy atom. The van der Waals surface area contributed by atoms with Crippen molar-refractivity contribution in [2.24, 2.45) is 0 Å². The van der Waals surface area contributed by atoms with E-state index in [0.717, 1.165) is 0 Å². The summed E-state index contributed by atoms with van der Waals surface area (Å²) in [6, 6.07) is 5.06. The Morgan fingerprint density at radius 2 is 1.90 bits per heavy atom. The lowest BCUT2D eigenvalue weighted by molar-refractivity contribution is -0.114. The minimum atomic E-state index is -3.27. The maximum atomic E-state index is 12.6. The summed E-state index contributed by atoms with van der Waals surface area (Å²) in [6.45, 7) is 5.28. The van der Waals surface area contributed by atoms with Crippen molar-refractivity contribution in [3.63, 3.8) is 0 Å². The van der Waals surface area contributed by atoms with Crippen LogP contribution in [-0.2, 0) is 31.2 Å². The fourth-order valence-electron chi connectivity index (χ4n) is 1.92. The van der Waals surface area contributed by atoms with Gasteiger partial charge in [0.1, 0.15) is 0 Å². The Labute approximate surface area is 125 Å². The number of hydrogen-bond donors (Lipinski definition) is 2. The number of aliphatic hydroxyl groups excluding tert-OH is 1. The van der Waals surface area contributed by atoms with Gasteiger partial charge in [-0.1, -0.05) is 12.1 Å². The minimum absolute atomic E-state index is 0.0398. The van der Waals surface area contributed by atoms with E-state index in [1.54, 1.807) is 32.0 Å². The van der Waals surface area contributed by atoms with Gasteiger partial charge in [0.15, 0.2) is 0 Å². The van der Waals surface area contributed by atoms with Gasteiger partial charge in [-0.15, -0.1) is 0 Å². The van der Waals surface area contributed by atoms with Gasteiger partial charge in [-0.25, -0.2) is 0 Å². The second kappa shape index (κ2) is 8.29. The summed E-state index contributed by atoms with van der Waals surface area (Å²) in [6.07, 6.45) is 0.0398. The van der Waals surface area contributed by atoms with Crippen molar-refractivity contribution in [2.45, 2.75) is 33.5 Å². The second-order valence-corrected chi connectivity index (χ2v) is 6.49. The van der Waals surface area contributed by atoms with Gasteiger partial charge in [-0.3, -0.25) is 9.36 Å². The van der Waals surface area contributed by atoms with E-state index in [0.29, 0.717) is 16.8 Å². The SMILES string of the molecule is CCOP(=O)(Cc1cc(CO)ccc1NC(C)=O)OCC. The van der Waals surface area contributed by atoms with Crippen LogP contribution in [0.1, 0.15) is 31.9 Å². The number of carbonyl (C=O) groups is 1. The lowest BCUT2D eigenvalue weighted by Crippen LogP contribution is -2.09. The molecule has 21 heavy (non-hydrogen) atoms. The van der Waals surface area contributed by atoms with Crippen molar-refractivity contribution in [1.82, 2.24) is 0 Å². The number of aliphatic hydroxyl groups is 1. The van der Waals surface area contributed by atoms with Gasteiger partial charge in [0.2, 0.25) is 5.91 Å². The zero-order valence-electron chi connectivity index (χ0n) is 12.6. The van der Waals surface area contributed by atoms with Crippen molar-refractivity contribution in [3.8, 4) is 0 Å². The molecule has 0 heterocycles. The molecule has 2 N–H and O–H groups in total. The summed E-state index contributed by atoms with van der Waals surface area (Å²) in [4.78, 5) is 11.2. The average Bonchev–Trinajstić information content (AvgIpc) is 2.40. The molecular formula is C14H22NO5P. The molecule has 0 fully saturated rings. The van der Waals surface area contributed by atoms with E-state index in [2.05, 4.69) is 5.32 Å². The number of nitrogens with one attached hydrogen (secondary N) is 1. The summed E-state index contributed by atoms with van der Waals surface area (Å²) >= 11 is 0. The molecule has 0 atom stereocenters. The fraction of sp³-hybridized carbons (Fsp3) is 0.500. The quantitative estimate of drug-likeness (QED) is 0.721. The highest BCUT2D eigenvalue weighted by atomic mass is 31.2. The smallest absolute Gasteiger partial charge is 0.335 e. The van der Waals surface area contributed by atoms with Crippen LogP contribution in [0.2, 0.25) is 0 Å². The predicted octanol–water partition coefficient (Wildman–Crippen LogP) is 2.90. The molecule has 0 aliphatic rings. The van der Waals surface area contributed by atoms with Crippen LogP contribution in [-0.4, -0.2) is 24.2 Å². The fourth-order valence-corrected chi connectivity index (χ4v) is 3.64. The van der Waals surface area contributed by atoms with Crippen LogP contribution in [0, 0.1) is 0 Å². The van der Waals surface area contributed by atoms with Crippen LogP contribution in [0.5, 0.6) is 0 Å². The standard InChI is InChI=1S/C14H22NO5P/c1-4-19-21(18,20-5-2)10-13-8-12(9-16)6-7-14(13)15-11(3)17/h6-8,16H,4-5,9-10H2,1-3H3,(H,15,17). The summed E-state index contributed by atoms with van der Waals surface area (Å²) in [7, 11) is -3.27. The molecule has 118 valence electrons. The summed E-state index contributed by atoms with van der Waals surface area (Å²) in [5.41, 5.74) is 1.82. The van der Waals surface area contributed by atoms with E-state index in [4.69, 9.17) is 9.05 Å². The molecule has 0 saturated carbocycles. The number of rotatable bonds is 8. The zero-order chi connectivity index (χ0) is 15.9. The number of amides is 1. The van der Waals surface area contributed by atoms with Crippen LogP contribution in [0.15, 0.2) is 18.2 Å². The first-order chi connectivity index (χ1) is 9.94. The van der Waals surface area contributed by atoms with E-state index in [-0.39, 0.29) is 31.9 Å². The van der Waals surface area contributed by atoms with E-state index in [1.165, 1.54) is 6.92 Å². The first kappa shape index (κ1) is 17.9. The Morgan fingerprint density at radius 3 is 2.38 bits per heavy atom. The van der Waals surface area contributed by atoms with Gasteiger partial charge in [-0.05, 0) is 31.0 Å². The molecule has 0 aliphatic heterocycles. The summed E-state index contributed by atoms with van der Waals surface area (Å²) in [5, 5.41) is 11.9. The maximum Gasteiger partial charge on any atom is 0.335 e. The van der Waals surface area contributed by atoms with E-state index in [1.807, 2.05) is 0 Å². The molecule has 0 spiro atoms. The minimum Gasteiger partial charge on any atom is -0.392 e. The summed E-state index contributed by atoms with van der Waals surface area (Å²) in [5.74, 6) is -0.226. The van der Waals surface area contributed by atoms with Crippen molar-refractivity contribution in [1.29, 1.82) is 0 Å². The number of hydrogen-bond acceptors (Lipinski definition) is 5. The molecule has 0 aliphatic carbocycles. The molecule has 0 radical (unpaired) electrons. The molecule has 0 aromatic heterocycles. The van der Waals surface area contributed by atoms with Gasteiger partial charge >= 0.3 is 7.60 Å². The second-order valence-electron chi connectivity index (χ2n) is 4.44. The molecule has 1 rings (SSSR count). The highest BCUT2D eigenvalue weighted by Crippen LogP contribution is 2.52. The third-order valence-electron chi connectivity index (χ3n) is 2.68. The van der Waals surface area contributed by atoms with Crippen molar-refractivity contribution < 1.29 is 23.5 Å². The maximum absolute atomic E-state index is 12.6. The molecule has 7 heteroatoms. The lowest BCUT2D eigenvalue weighted by Gasteiger charge is -2.19. The first-order valence-corrected chi connectivity index (χ1v) is 8.55. The third-order valence-corrected chi connectivity index (χ3v) is 4.71. The summed E-state index contributed by atoms with van der Waals surface area (Å²) < 4.78 is 23.1. The van der Waals surface area contributed by atoms with Crippen LogP contribution in [0.25, 0.3) is 0 Å². The molecular weight excluding hydrogens is 293 g/mol. The predicted molar refractivity (Wildman–Crippen MR) is 81.2 cm³/mol. The van der Waals surface area contributed by atoms with E-state index in [9.17, 15) is 14.5 Å². The largest absolute Gasteiger partial charge is 0.392 e. The first-order valence-electron chi connectivity index (χ1n) is 6.82. The molecule has 1 aromatic rings. The topological polar surface area (TPSA) is 84.9 Å². The molecule has 0 saturated heterocycles. The van der Waals surface area contributed by atoms with E-state index < -0.39 is 7.60 Å². The number of carbonyl (C=O) groups excluding carboxylic acids is 1. The molecule has 0 bridgehead atoms. The molecule has 0 unspecified atom stereocenters. The third kappa shape index (κ3) is 5.59. The van der Waals surface area contributed by atoms with Gasteiger partial charge in [0.05, 0.1) is 26.0 Å². The van der Waals surface area contributed by atoms with Crippen molar-refractivity contribution in [3.05, 3.63) is 29.3 Å². The molecule has 1 aromatic carbocycles. The molecule has 1 amide bonds. The van der Waals surface area contributed by atoms with Gasteiger partial charge in [-0.2, -0.15) is 0 Å². The normalized spacial score (nSPS) is 11.4. The average molecular weight is 315 g/mol. The van der Waals surface area contributed by atoms with Crippen LogP contribution in [0.4, 0.5) is 5.69 Å². The van der Waals surface area contributed by atoms with Crippen LogP contribution < -0.4 is 5.32 Å². The number of benzene rings is 1. The highest BCUT2D eigenvalue weighted by molar-refractivity contribution is 7.53. The Bertz CT molecular complexity index is 522. The van der Waals surface area contributed by atoms with Crippen LogP contribution in [0.3, 0.4) is 0 Å². The highest BCUT2D eigenvalue weighted by Gasteiger charge is 2.25. The van der Waals surface area contributed by atoms with Gasteiger partial charge in [0, 0.05) is 12.6 Å². The van der Waals surface area contributed by atoms with Gasteiger partial charge < -0.3 is 19.5 Å². The van der Waals surface area contributed by atoms with Crippen molar-refractivity contribution >= 4 is 19.2 Å². The monoisotopic (exact) mass is 315 g/mol. The lowest BCUT2D eigenvalue weighted by atomic mass is 10.1. The number of anilines is 1. The Kier molecular flexibility index (Phi) is 7.05. The van der Waals surface area contributed by atoms with Gasteiger partial charge in [0.25, 0.3) is 0 Å². The Hall–Kier alpha value is -1.20. The Balaban J connectivity index is 3.12. The molecule has 6 nitrogen and oxygen atoms in total.